The first-order valence-electron chi connectivity index (χ1n) is 8.46. The second-order valence-corrected chi connectivity index (χ2v) is 7.92. The van der Waals surface area contributed by atoms with Crippen LogP contribution in [0, 0.1) is 12.8 Å². The van der Waals surface area contributed by atoms with Crippen LogP contribution in [0.3, 0.4) is 0 Å². The van der Waals surface area contributed by atoms with Crippen molar-refractivity contribution in [2.45, 2.75) is 33.2 Å². The van der Waals surface area contributed by atoms with Gasteiger partial charge in [-0.1, -0.05) is 37.2 Å². The van der Waals surface area contributed by atoms with E-state index in [9.17, 15) is 9.59 Å². The Balaban J connectivity index is 2.30. The third kappa shape index (κ3) is 4.71. The molecule has 0 aliphatic rings. The molecule has 0 N–H and O–H groups in total. The third-order valence-electron chi connectivity index (χ3n) is 4.23. The molecule has 6 heteroatoms. The summed E-state index contributed by atoms with van der Waals surface area (Å²) in [5.74, 6) is 1.24. The maximum Gasteiger partial charge on any atom is 0.257 e. The summed E-state index contributed by atoms with van der Waals surface area (Å²) in [6.45, 7) is 5.84. The van der Waals surface area contributed by atoms with E-state index in [1.165, 1.54) is 4.90 Å². The van der Waals surface area contributed by atoms with E-state index >= 15 is 0 Å². The van der Waals surface area contributed by atoms with Crippen molar-refractivity contribution in [1.29, 1.82) is 0 Å². The molecule has 2 rings (SSSR count). The summed E-state index contributed by atoms with van der Waals surface area (Å²) in [7, 11) is 1.68. The minimum atomic E-state index is -0.453. The normalized spacial score (nSPS) is 12.3. The summed E-state index contributed by atoms with van der Waals surface area (Å²) < 4.78 is 5.78. The zero-order valence-corrected chi connectivity index (χ0v) is 17.3. The number of thioether (sulfide) groups is 1. The molecule has 0 spiro atoms. The number of likely N-dealkylation sites (N-methyl/N-ethyl adjacent to an activating group) is 1. The molecule has 0 fully saturated rings. The first-order valence-corrected chi connectivity index (χ1v) is 10.1. The Morgan fingerprint density at radius 3 is 2.38 bits per heavy atom. The molecule has 0 aliphatic heterocycles. The molecule has 0 saturated carbocycles. The average Bonchev–Trinajstić information content (AvgIpc) is 2.99. The van der Waals surface area contributed by atoms with Crippen LogP contribution < -0.4 is 0 Å². The maximum atomic E-state index is 13.0. The van der Waals surface area contributed by atoms with Gasteiger partial charge in [-0.15, -0.1) is 0 Å². The number of aryl methyl sites for hydroxylation is 1. The van der Waals surface area contributed by atoms with Gasteiger partial charge in [-0.05, 0) is 55.9 Å². The summed E-state index contributed by atoms with van der Waals surface area (Å²) >= 11 is 7.08. The number of rotatable bonds is 6. The van der Waals surface area contributed by atoms with E-state index in [4.69, 9.17) is 16.0 Å². The maximum absolute atomic E-state index is 13.0. The van der Waals surface area contributed by atoms with Crippen molar-refractivity contribution in [1.82, 2.24) is 4.90 Å². The fraction of sp³-hybridized carbons (Fsp3) is 0.400. The monoisotopic (exact) mass is 393 g/mol. The third-order valence-corrected chi connectivity index (χ3v) is 5.16. The van der Waals surface area contributed by atoms with Gasteiger partial charge in [-0.25, -0.2) is 0 Å². The van der Waals surface area contributed by atoms with Crippen LogP contribution in [0.15, 0.2) is 34.7 Å². The predicted molar refractivity (Wildman–Crippen MR) is 108 cm³/mol. The highest BCUT2D eigenvalue weighted by Crippen LogP contribution is 2.28. The lowest BCUT2D eigenvalue weighted by Crippen LogP contribution is -2.42. The predicted octanol–water partition coefficient (Wildman–Crippen LogP) is 5.28. The summed E-state index contributed by atoms with van der Waals surface area (Å²) in [6, 6.07) is 8.52. The molecule has 1 amide bonds. The lowest BCUT2D eigenvalue weighted by Gasteiger charge is -2.27. The van der Waals surface area contributed by atoms with E-state index < -0.39 is 6.04 Å². The van der Waals surface area contributed by atoms with Gasteiger partial charge in [0.25, 0.3) is 5.91 Å². The van der Waals surface area contributed by atoms with Crippen LogP contribution in [0.2, 0.25) is 5.02 Å². The Kier molecular flexibility index (Phi) is 6.95. The van der Waals surface area contributed by atoms with Gasteiger partial charge >= 0.3 is 0 Å². The first-order chi connectivity index (χ1) is 12.2. The van der Waals surface area contributed by atoms with E-state index in [0.717, 1.165) is 17.3 Å². The standard InChI is InChI=1S/C20H24ClNO3S/c1-12(2)10-17(20(24)26-5)22(4)19(23)16-11-18(25-13(16)3)14-6-8-15(21)9-7-14/h6-9,11-12,17H,10H2,1-5H3/t17-/m1/s1. The van der Waals surface area contributed by atoms with E-state index in [2.05, 4.69) is 0 Å². The Morgan fingerprint density at radius 1 is 1.23 bits per heavy atom. The molecule has 0 radical (unpaired) electrons. The van der Waals surface area contributed by atoms with Gasteiger partial charge in [0.05, 0.1) is 5.56 Å². The number of amides is 1. The van der Waals surface area contributed by atoms with Gasteiger partial charge in [-0.3, -0.25) is 9.59 Å². The first kappa shape index (κ1) is 20.6. The molecule has 0 aliphatic carbocycles. The van der Waals surface area contributed by atoms with Gasteiger partial charge in [0.2, 0.25) is 5.12 Å². The Labute approximate surface area is 163 Å². The number of furan rings is 1. The summed E-state index contributed by atoms with van der Waals surface area (Å²) in [5.41, 5.74) is 1.32. The van der Waals surface area contributed by atoms with Crippen molar-refractivity contribution >= 4 is 34.4 Å². The van der Waals surface area contributed by atoms with Gasteiger partial charge in [-0.2, -0.15) is 0 Å². The number of nitrogens with zero attached hydrogens (tertiary/aromatic N) is 1. The number of carbonyl (C=O) groups excluding carboxylic acids is 2. The molecule has 1 aromatic heterocycles. The molecule has 140 valence electrons. The van der Waals surface area contributed by atoms with E-state index in [-0.39, 0.29) is 11.0 Å². The quantitative estimate of drug-likeness (QED) is 0.669. The highest BCUT2D eigenvalue weighted by atomic mass is 35.5. The fourth-order valence-corrected chi connectivity index (χ4v) is 3.43. The molecule has 1 heterocycles. The van der Waals surface area contributed by atoms with Crippen molar-refractivity contribution in [3.8, 4) is 11.3 Å². The number of halogens is 1. The van der Waals surface area contributed by atoms with Gasteiger partial charge in [0.1, 0.15) is 17.6 Å². The zero-order valence-electron chi connectivity index (χ0n) is 15.7. The van der Waals surface area contributed by atoms with Crippen molar-refractivity contribution in [3.63, 3.8) is 0 Å². The van der Waals surface area contributed by atoms with Gasteiger partial charge in [0, 0.05) is 17.6 Å². The molecular formula is C20H24ClNO3S. The lowest BCUT2D eigenvalue weighted by molar-refractivity contribution is -0.115. The van der Waals surface area contributed by atoms with Gasteiger partial charge in [0.15, 0.2) is 0 Å². The number of hydrogen-bond acceptors (Lipinski definition) is 4. The highest BCUT2D eigenvalue weighted by Gasteiger charge is 2.29. The van der Waals surface area contributed by atoms with Crippen molar-refractivity contribution in [2.24, 2.45) is 5.92 Å². The second kappa shape index (κ2) is 8.78. The number of carbonyl (C=O) groups is 2. The molecule has 1 aromatic carbocycles. The lowest BCUT2D eigenvalue weighted by atomic mass is 10.0. The van der Waals surface area contributed by atoms with Crippen molar-refractivity contribution in [3.05, 3.63) is 46.7 Å². The van der Waals surface area contributed by atoms with Crippen LogP contribution in [0.5, 0.6) is 0 Å². The van der Waals surface area contributed by atoms with Crippen LogP contribution in [0.25, 0.3) is 11.3 Å². The fourth-order valence-electron chi connectivity index (χ4n) is 2.78. The molecule has 1 atom stereocenters. The van der Waals surface area contributed by atoms with Crippen LogP contribution in [-0.2, 0) is 4.79 Å². The molecule has 0 bridgehead atoms. The van der Waals surface area contributed by atoms with E-state index in [0.29, 0.717) is 34.4 Å². The highest BCUT2D eigenvalue weighted by molar-refractivity contribution is 8.13. The Hall–Kier alpha value is -1.72. The smallest absolute Gasteiger partial charge is 0.257 e. The number of hydrogen-bond donors (Lipinski definition) is 0. The second-order valence-electron chi connectivity index (χ2n) is 6.67. The molecule has 4 nitrogen and oxygen atoms in total. The Bertz CT molecular complexity index is 783. The Morgan fingerprint density at radius 2 is 1.85 bits per heavy atom. The van der Waals surface area contributed by atoms with Crippen LogP contribution in [-0.4, -0.2) is 35.3 Å². The van der Waals surface area contributed by atoms with Crippen LogP contribution >= 0.6 is 23.4 Å². The van der Waals surface area contributed by atoms with Crippen LogP contribution in [0.4, 0.5) is 0 Å². The number of benzene rings is 1. The summed E-state index contributed by atoms with van der Waals surface area (Å²) in [5, 5.41) is 0.633. The SMILES string of the molecule is CSC(=O)[C@@H](CC(C)C)N(C)C(=O)c1cc(-c2ccc(Cl)cc2)oc1C. The topological polar surface area (TPSA) is 50.5 Å². The summed E-state index contributed by atoms with van der Waals surface area (Å²) in [6.07, 6.45) is 2.37. The average molecular weight is 394 g/mol. The molecule has 26 heavy (non-hydrogen) atoms. The minimum absolute atomic E-state index is 0.00590. The summed E-state index contributed by atoms with van der Waals surface area (Å²) in [4.78, 5) is 26.8. The van der Waals surface area contributed by atoms with Crippen LogP contribution in [0.1, 0.15) is 36.4 Å². The van der Waals surface area contributed by atoms with E-state index in [1.807, 2.05) is 26.0 Å². The molecule has 0 saturated heterocycles. The van der Waals surface area contributed by atoms with Crippen molar-refractivity contribution in [2.75, 3.05) is 13.3 Å². The zero-order chi connectivity index (χ0) is 19.4. The minimum Gasteiger partial charge on any atom is -0.461 e. The van der Waals surface area contributed by atoms with E-state index in [1.54, 1.807) is 38.4 Å². The van der Waals surface area contributed by atoms with Gasteiger partial charge < -0.3 is 9.32 Å². The molecule has 2 aromatic rings. The molecular weight excluding hydrogens is 370 g/mol. The largest absolute Gasteiger partial charge is 0.461 e. The van der Waals surface area contributed by atoms with Crippen molar-refractivity contribution < 1.29 is 14.0 Å². The molecule has 0 unspecified atom stereocenters.